The van der Waals surface area contributed by atoms with Crippen LogP contribution < -0.4 is 12.4 Å². The van der Waals surface area contributed by atoms with Crippen LogP contribution in [0, 0.1) is 6.92 Å². The number of rotatable bonds is 0. The minimum Gasteiger partial charge on any atom is -1.00 e. The first-order chi connectivity index (χ1) is 4.88. The average molecular weight is 191 g/mol. The fourth-order valence-corrected chi connectivity index (χ4v) is 1.06. The second-order valence-electron chi connectivity index (χ2n) is 2.25. The van der Waals surface area contributed by atoms with Gasteiger partial charge in [-0.05, 0) is 6.07 Å². The van der Waals surface area contributed by atoms with Gasteiger partial charge in [0.25, 0.3) is 0 Å². The van der Waals surface area contributed by atoms with Gasteiger partial charge in [0.15, 0.2) is 0 Å². The van der Waals surface area contributed by atoms with Crippen LogP contribution in [0.5, 0.6) is 0 Å². The molecule has 2 rings (SSSR count). The van der Waals surface area contributed by atoms with E-state index in [4.69, 9.17) is 4.42 Å². The van der Waals surface area contributed by atoms with Gasteiger partial charge >= 0.3 is 23.1 Å². The van der Waals surface area contributed by atoms with Gasteiger partial charge in [-0.15, -0.1) is 6.07 Å². The molecular formula is C9H7ClMgO. The fourth-order valence-electron chi connectivity index (χ4n) is 1.06. The zero-order valence-corrected chi connectivity index (χ0v) is 8.76. The Hall–Kier alpha value is -0.314. The van der Waals surface area contributed by atoms with Gasteiger partial charge in [-0.1, -0.05) is 11.5 Å². The van der Waals surface area contributed by atoms with Crippen molar-refractivity contribution in [3.8, 4) is 0 Å². The molecule has 0 aliphatic rings. The van der Waals surface area contributed by atoms with Crippen LogP contribution in [0.1, 0.15) is 5.56 Å². The molecule has 0 atom stereocenters. The van der Waals surface area contributed by atoms with E-state index < -0.39 is 0 Å². The topological polar surface area (TPSA) is 13.1 Å². The summed E-state index contributed by atoms with van der Waals surface area (Å²) in [6, 6.07) is 7.77. The Morgan fingerprint density at radius 2 is 1.92 bits per heavy atom. The third-order valence-electron chi connectivity index (χ3n) is 1.59. The van der Waals surface area contributed by atoms with E-state index in [1.165, 1.54) is 0 Å². The summed E-state index contributed by atoms with van der Waals surface area (Å²) in [5.41, 5.74) is 1.93. The monoisotopic (exact) mass is 190 g/mol. The Labute approximate surface area is 93.7 Å². The third kappa shape index (κ3) is 1.89. The largest absolute Gasteiger partial charge is 2.00 e. The first-order valence-corrected chi connectivity index (χ1v) is 3.16. The molecule has 2 aromatic rings. The minimum atomic E-state index is 0. The number of hydrogen-bond acceptors (Lipinski definition) is 1. The van der Waals surface area contributed by atoms with E-state index in [2.05, 4.69) is 6.92 Å². The Kier molecular flexibility index (Phi) is 4.53. The van der Waals surface area contributed by atoms with Gasteiger partial charge in [0, 0.05) is 0 Å². The molecule has 0 spiro atoms. The van der Waals surface area contributed by atoms with E-state index in [0.29, 0.717) is 0 Å². The summed E-state index contributed by atoms with van der Waals surface area (Å²) in [5, 5.41) is 1.10. The van der Waals surface area contributed by atoms with Crippen molar-refractivity contribution in [3.63, 3.8) is 0 Å². The van der Waals surface area contributed by atoms with Crippen LogP contribution in [0.4, 0.5) is 0 Å². The van der Waals surface area contributed by atoms with Crippen LogP contribution in [-0.2, 0) is 0 Å². The van der Waals surface area contributed by atoms with Crippen LogP contribution in [0.15, 0.2) is 34.9 Å². The number of halogens is 1. The van der Waals surface area contributed by atoms with Crippen molar-refractivity contribution >= 4 is 34.0 Å². The maximum absolute atomic E-state index is 5.16. The predicted octanol–water partition coefficient (Wildman–Crippen LogP) is -0.762. The second kappa shape index (κ2) is 4.65. The van der Waals surface area contributed by atoms with Crippen molar-refractivity contribution in [2.24, 2.45) is 0 Å². The Morgan fingerprint density at radius 3 is 2.58 bits per heavy atom. The summed E-state index contributed by atoms with van der Waals surface area (Å²) < 4.78 is 5.16. The first kappa shape index (κ1) is 11.7. The molecule has 0 fully saturated rings. The van der Waals surface area contributed by atoms with Crippen LogP contribution >= 0.6 is 0 Å². The normalized spacial score (nSPS) is 8.67. The molecule has 1 nitrogen and oxygen atoms in total. The van der Waals surface area contributed by atoms with E-state index in [9.17, 15) is 0 Å². The quantitative estimate of drug-likeness (QED) is 0.394. The van der Waals surface area contributed by atoms with Crippen molar-refractivity contribution in [1.29, 1.82) is 0 Å². The van der Waals surface area contributed by atoms with Gasteiger partial charge in [0.1, 0.15) is 0 Å². The molecule has 0 bridgehead atoms. The van der Waals surface area contributed by atoms with Crippen molar-refractivity contribution in [2.45, 2.75) is 0 Å². The molecule has 3 heteroatoms. The molecule has 1 heterocycles. The zero-order chi connectivity index (χ0) is 6.97. The second-order valence-corrected chi connectivity index (χ2v) is 2.25. The van der Waals surface area contributed by atoms with Crippen molar-refractivity contribution in [3.05, 3.63) is 43.0 Å². The van der Waals surface area contributed by atoms with Gasteiger partial charge in [0.2, 0.25) is 0 Å². The summed E-state index contributed by atoms with van der Waals surface area (Å²) in [6.07, 6.45) is 1.68. The standard InChI is InChI=1S/C9H7O.ClH.Mg/c1-7-3-2-4-9-8(7)5-6-10-9;;/h2-6H,1H2;1H;/q-1;;+2/p-1. The SMILES string of the molecule is [CH2-]c1cccc2occc12.[Cl-].[Mg+2]. The molecule has 0 aliphatic heterocycles. The van der Waals surface area contributed by atoms with Gasteiger partial charge in [-0.25, -0.2) is 0 Å². The zero-order valence-electron chi connectivity index (χ0n) is 6.59. The third-order valence-corrected chi connectivity index (χ3v) is 1.59. The number of fused-ring (bicyclic) bond motifs is 1. The molecule has 0 saturated carbocycles. The Morgan fingerprint density at radius 1 is 1.17 bits per heavy atom. The molecule has 58 valence electrons. The molecule has 0 aliphatic carbocycles. The smallest absolute Gasteiger partial charge is 1.00 e. The maximum atomic E-state index is 5.16. The summed E-state index contributed by atoms with van der Waals surface area (Å²) in [7, 11) is 0. The number of hydrogen-bond donors (Lipinski definition) is 0. The van der Waals surface area contributed by atoms with Crippen LogP contribution in [-0.4, -0.2) is 23.1 Å². The molecule has 1 aromatic carbocycles. The summed E-state index contributed by atoms with van der Waals surface area (Å²) in [4.78, 5) is 0. The van der Waals surface area contributed by atoms with Crippen molar-refractivity contribution in [2.75, 3.05) is 0 Å². The van der Waals surface area contributed by atoms with Crippen LogP contribution in [0.2, 0.25) is 0 Å². The van der Waals surface area contributed by atoms with E-state index in [1.54, 1.807) is 6.26 Å². The molecule has 1 aromatic heterocycles. The molecule has 0 amide bonds. The predicted molar refractivity (Wildman–Crippen MR) is 46.4 cm³/mol. The van der Waals surface area contributed by atoms with Gasteiger partial charge in [-0.3, -0.25) is 0 Å². The Balaban J connectivity index is 0.000000605. The van der Waals surface area contributed by atoms with E-state index >= 15 is 0 Å². The van der Waals surface area contributed by atoms with E-state index in [1.807, 2.05) is 24.3 Å². The molecule has 12 heavy (non-hydrogen) atoms. The van der Waals surface area contributed by atoms with E-state index in [-0.39, 0.29) is 35.5 Å². The molecule has 0 radical (unpaired) electrons. The molecular weight excluding hydrogens is 184 g/mol. The Bertz CT molecular complexity index is 356. The average Bonchev–Trinajstić information content (AvgIpc) is 2.36. The summed E-state index contributed by atoms with van der Waals surface area (Å²) in [6.45, 7) is 3.86. The van der Waals surface area contributed by atoms with Crippen LogP contribution in [0.25, 0.3) is 11.0 Å². The summed E-state index contributed by atoms with van der Waals surface area (Å²) in [5.74, 6) is 0. The fraction of sp³-hybridized carbons (Fsp3) is 0. The van der Waals surface area contributed by atoms with Gasteiger partial charge < -0.3 is 16.8 Å². The minimum absolute atomic E-state index is 0. The number of furan rings is 1. The number of benzene rings is 1. The molecule has 0 unspecified atom stereocenters. The van der Waals surface area contributed by atoms with Gasteiger partial charge in [0.05, 0.1) is 11.8 Å². The van der Waals surface area contributed by atoms with Crippen molar-refractivity contribution < 1.29 is 16.8 Å². The molecule has 0 saturated heterocycles. The molecule has 0 N–H and O–H groups in total. The van der Waals surface area contributed by atoms with Gasteiger partial charge in [-0.2, -0.15) is 18.6 Å². The maximum Gasteiger partial charge on any atom is 2.00 e. The van der Waals surface area contributed by atoms with Crippen LogP contribution in [0.3, 0.4) is 0 Å². The van der Waals surface area contributed by atoms with Crippen molar-refractivity contribution in [1.82, 2.24) is 0 Å². The summed E-state index contributed by atoms with van der Waals surface area (Å²) >= 11 is 0. The van der Waals surface area contributed by atoms with E-state index in [0.717, 1.165) is 16.5 Å². The first-order valence-electron chi connectivity index (χ1n) is 3.16.